The molecule has 0 aliphatic heterocycles. The second kappa shape index (κ2) is 23.6. The maximum atomic E-state index is 13.4. The number of phenolic OH excluding ortho intramolecular Hbond substituents is 2. The quantitative estimate of drug-likeness (QED) is 0.0480. The highest BCUT2D eigenvalue weighted by atomic mass is 16.4. The third kappa shape index (κ3) is 16.6. The Hall–Kier alpha value is -6.81. The first kappa shape index (κ1) is 49.3. The highest BCUT2D eigenvalue weighted by Crippen LogP contribution is 2.14. The summed E-state index contributed by atoms with van der Waals surface area (Å²) in [5.41, 5.74) is 17.7. The van der Waals surface area contributed by atoms with Crippen LogP contribution in [0.5, 0.6) is 11.5 Å². The molecule has 0 spiro atoms. The van der Waals surface area contributed by atoms with E-state index >= 15 is 0 Å². The number of hydrogen-bond acceptors (Lipinski definition) is 13. The van der Waals surface area contributed by atoms with Crippen molar-refractivity contribution in [1.29, 1.82) is 0 Å². The van der Waals surface area contributed by atoms with Gasteiger partial charge >= 0.3 is 5.97 Å². The van der Waals surface area contributed by atoms with Crippen LogP contribution in [0, 0.1) is 5.92 Å². The number of aromatic hydroxyl groups is 2. The average Bonchev–Trinajstić information content (AvgIpc) is 3.17. The maximum absolute atomic E-state index is 13.4. The number of nitrogens with two attached hydrogens (primary N) is 3. The molecule has 2 aromatic carbocycles. The third-order valence-corrected chi connectivity index (χ3v) is 9.09. The molecule has 328 valence electrons. The van der Waals surface area contributed by atoms with Crippen molar-refractivity contribution >= 4 is 53.2 Å². The number of phenols is 2. The zero-order valence-electron chi connectivity index (χ0n) is 33.2. The van der Waals surface area contributed by atoms with Crippen molar-refractivity contribution in [1.82, 2.24) is 31.9 Å². The first-order valence-corrected chi connectivity index (χ1v) is 18.7. The van der Waals surface area contributed by atoms with Crippen LogP contribution >= 0.6 is 0 Å². The van der Waals surface area contributed by atoms with Gasteiger partial charge in [-0.05, 0) is 54.7 Å². The molecule has 0 aliphatic carbocycles. The van der Waals surface area contributed by atoms with E-state index < -0.39 is 121 Å². The second-order valence-corrected chi connectivity index (χ2v) is 14.1. The standard InChI is InChI=1S/C38H53N9O13/c1-4-18(2)31(46-33(54)24(39)13-20-5-9-22(49)10-6-20)36(57)44-25(15-28(40)51)34(55)42-17-30(53)43-26(16-29(41)52)35(56)47-32(19(3)48)37(58)45-27(38(59)60)14-21-7-11-23(50)12-8-21/h5-12,18-19,24-27,31-32,48-50H,4,13-17,39H2,1-3H3,(H2,40,51)(H2,41,52)(H,42,55)(H,43,53)(H,44,57)(H,45,58)(H,46,54)(H,47,56)(H,59,60)/t18-,19+,24-,25-,26-,27-,31-,32-/m0/s1. The molecule has 0 fully saturated rings. The first-order valence-electron chi connectivity index (χ1n) is 18.7. The lowest BCUT2D eigenvalue weighted by Gasteiger charge is -2.27. The average molecular weight is 844 g/mol. The van der Waals surface area contributed by atoms with E-state index in [0.717, 1.165) is 6.92 Å². The van der Waals surface area contributed by atoms with Gasteiger partial charge in [-0.25, -0.2) is 4.79 Å². The van der Waals surface area contributed by atoms with E-state index in [1.54, 1.807) is 26.0 Å². The van der Waals surface area contributed by atoms with E-state index in [0.29, 0.717) is 17.5 Å². The molecule has 0 saturated carbocycles. The molecule has 0 bridgehead atoms. The van der Waals surface area contributed by atoms with Crippen molar-refractivity contribution < 1.29 is 63.6 Å². The van der Waals surface area contributed by atoms with Gasteiger partial charge in [-0.1, -0.05) is 44.5 Å². The summed E-state index contributed by atoms with van der Waals surface area (Å²) >= 11 is 0. The van der Waals surface area contributed by atoms with E-state index in [2.05, 4.69) is 31.9 Å². The predicted molar refractivity (Wildman–Crippen MR) is 211 cm³/mol. The summed E-state index contributed by atoms with van der Waals surface area (Å²) in [5.74, 6) is -10.3. The Morgan fingerprint density at radius 3 is 1.52 bits per heavy atom. The fourth-order valence-electron chi connectivity index (χ4n) is 5.55. The first-order chi connectivity index (χ1) is 28.1. The van der Waals surface area contributed by atoms with Crippen LogP contribution in [-0.4, -0.2) is 123 Å². The number of carboxylic acids is 1. The smallest absolute Gasteiger partial charge is 0.326 e. The summed E-state index contributed by atoms with van der Waals surface area (Å²) in [6.45, 7) is 3.58. The molecule has 22 nitrogen and oxygen atoms in total. The highest BCUT2D eigenvalue weighted by molar-refractivity contribution is 5.98. The number of primary amides is 2. The van der Waals surface area contributed by atoms with Gasteiger partial charge in [0.25, 0.3) is 0 Å². The molecule has 8 atom stereocenters. The molecule has 0 radical (unpaired) electrons. The number of benzene rings is 2. The number of nitrogens with one attached hydrogen (secondary N) is 6. The van der Waals surface area contributed by atoms with E-state index in [9.17, 15) is 63.6 Å². The second-order valence-electron chi connectivity index (χ2n) is 14.1. The summed E-state index contributed by atoms with van der Waals surface area (Å²) in [6.07, 6.45) is -3.01. The van der Waals surface area contributed by atoms with Crippen molar-refractivity contribution in [2.24, 2.45) is 23.1 Å². The molecule has 16 N–H and O–H groups in total. The topological polar surface area (TPSA) is 385 Å². The Labute approximate surface area is 344 Å². The van der Waals surface area contributed by atoms with Crippen LogP contribution in [0.1, 0.15) is 51.2 Å². The van der Waals surface area contributed by atoms with Gasteiger partial charge in [-0.2, -0.15) is 0 Å². The van der Waals surface area contributed by atoms with Gasteiger partial charge in [0.15, 0.2) is 0 Å². The Bertz CT molecular complexity index is 1860. The molecule has 2 rings (SSSR count). The lowest BCUT2D eigenvalue weighted by molar-refractivity contribution is -0.143. The summed E-state index contributed by atoms with van der Waals surface area (Å²) in [5, 5.41) is 52.6. The number of aliphatic carboxylic acids is 1. The minimum absolute atomic E-state index is 0.0141. The molecule has 0 aromatic heterocycles. The van der Waals surface area contributed by atoms with Crippen LogP contribution in [-0.2, 0) is 56.0 Å². The Morgan fingerprint density at radius 1 is 0.600 bits per heavy atom. The summed E-state index contributed by atoms with van der Waals surface area (Å²) < 4.78 is 0. The molecule has 0 heterocycles. The fraction of sp³-hybridized carbons (Fsp3) is 0.447. The van der Waals surface area contributed by atoms with E-state index in [1.165, 1.54) is 36.4 Å². The van der Waals surface area contributed by atoms with Crippen molar-refractivity contribution in [3.63, 3.8) is 0 Å². The zero-order valence-corrected chi connectivity index (χ0v) is 33.2. The lowest BCUT2D eigenvalue weighted by Crippen LogP contribution is -2.60. The zero-order chi connectivity index (χ0) is 45.3. The number of rotatable bonds is 24. The van der Waals surface area contributed by atoms with E-state index in [-0.39, 0.29) is 24.3 Å². The maximum Gasteiger partial charge on any atom is 0.326 e. The normalized spacial score (nSPS) is 14.9. The van der Waals surface area contributed by atoms with Crippen molar-refractivity contribution in [2.45, 2.75) is 95.2 Å². The Balaban J connectivity index is 2.12. The molecule has 60 heavy (non-hydrogen) atoms. The van der Waals surface area contributed by atoms with Gasteiger partial charge in [0.05, 0.1) is 31.5 Å². The number of hydrogen-bond donors (Lipinski definition) is 13. The van der Waals surface area contributed by atoms with Crippen LogP contribution in [0.15, 0.2) is 48.5 Å². The number of amides is 8. The molecule has 22 heteroatoms. The van der Waals surface area contributed by atoms with E-state index in [1.807, 2.05) is 0 Å². The molecular formula is C38H53N9O13. The number of carboxylic acid groups (broad SMARTS) is 1. The monoisotopic (exact) mass is 843 g/mol. The molecule has 0 saturated heterocycles. The largest absolute Gasteiger partial charge is 0.508 e. The van der Waals surface area contributed by atoms with Crippen molar-refractivity contribution in [3.8, 4) is 11.5 Å². The highest BCUT2D eigenvalue weighted by Gasteiger charge is 2.34. The number of carbonyl (C=O) groups is 9. The summed E-state index contributed by atoms with van der Waals surface area (Å²) in [6, 6.07) is 2.28. The van der Waals surface area contributed by atoms with Gasteiger partial charge in [-0.3, -0.25) is 38.4 Å². The SMILES string of the molecule is CC[C@H](C)[C@H](NC(=O)[C@@H](N)Cc1ccc(O)cc1)C(=O)N[C@@H](CC(N)=O)C(=O)NCC(=O)N[C@@H](CC(N)=O)C(=O)N[C@H](C(=O)N[C@@H](Cc1ccc(O)cc1)C(=O)O)[C@@H](C)O. The van der Waals surface area contributed by atoms with Gasteiger partial charge in [0, 0.05) is 6.42 Å². The molecule has 2 aromatic rings. The minimum atomic E-state index is -1.80. The van der Waals surface area contributed by atoms with Crippen LogP contribution < -0.4 is 49.1 Å². The van der Waals surface area contributed by atoms with Crippen LogP contribution in [0.2, 0.25) is 0 Å². The Kier molecular flexibility index (Phi) is 19.4. The summed E-state index contributed by atoms with van der Waals surface area (Å²) in [7, 11) is 0. The van der Waals surface area contributed by atoms with E-state index in [4.69, 9.17) is 17.2 Å². The number of aliphatic hydroxyl groups is 1. The molecule has 8 amide bonds. The number of aliphatic hydroxyl groups excluding tert-OH is 1. The van der Waals surface area contributed by atoms with Crippen LogP contribution in [0.3, 0.4) is 0 Å². The molecule has 0 aliphatic rings. The van der Waals surface area contributed by atoms with Crippen molar-refractivity contribution in [3.05, 3.63) is 59.7 Å². The van der Waals surface area contributed by atoms with Gasteiger partial charge in [-0.15, -0.1) is 0 Å². The lowest BCUT2D eigenvalue weighted by atomic mass is 9.96. The molecule has 0 unspecified atom stereocenters. The number of carbonyl (C=O) groups excluding carboxylic acids is 8. The van der Waals surface area contributed by atoms with Crippen molar-refractivity contribution in [2.75, 3.05) is 6.54 Å². The van der Waals surface area contributed by atoms with Crippen LogP contribution in [0.25, 0.3) is 0 Å². The summed E-state index contributed by atoms with van der Waals surface area (Å²) in [4.78, 5) is 115. The fourth-order valence-corrected chi connectivity index (χ4v) is 5.55. The van der Waals surface area contributed by atoms with Crippen LogP contribution in [0.4, 0.5) is 0 Å². The Morgan fingerprint density at radius 2 is 1.05 bits per heavy atom. The molecular weight excluding hydrogens is 790 g/mol. The van der Waals surface area contributed by atoms with Gasteiger partial charge in [0.1, 0.15) is 41.7 Å². The van der Waals surface area contributed by atoms with Gasteiger partial charge < -0.3 is 69.5 Å². The third-order valence-electron chi connectivity index (χ3n) is 9.09. The van der Waals surface area contributed by atoms with Gasteiger partial charge in [0.2, 0.25) is 47.3 Å². The minimum Gasteiger partial charge on any atom is -0.508 e. The predicted octanol–water partition coefficient (Wildman–Crippen LogP) is -3.99.